The zero-order valence-electron chi connectivity index (χ0n) is 10.6. The van der Waals surface area contributed by atoms with Crippen molar-refractivity contribution in [2.75, 3.05) is 18.7 Å². The summed E-state index contributed by atoms with van der Waals surface area (Å²) in [5.74, 6) is -0.523. The van der Waals surface area contributed by atoms with Crippen LogP contribution in [0.4, 0.5) is 5.69 Å². The number of ether oxygens (including phenoxy) is 2. The lowest BCUT2D eigenvalue weighted by molar-refractivity contribution is -0.199. The highest BCUT2D eigenvalue weighted by molar-refractivity contribution is 5.84. The Morgan fingerprint density at radius 1 is 1.21 bits per heavy atom. The van der Waals surface area contributed by atoms with Crippen LogP contribution in [-0.2, 0) is 19.1 Å². The predicted octanol–water partition coefficient (Wildman–Crippen LogP) is 1.89. The van der Waals surface area contributed by atoms with Crippen molar-refractivity contribution in [3.8, 4) is 0 Å². The summed E-state index contributed by atoms with van der Waals surface area (Å²) in [5, 5.41) is 0. The summed E-state index contributed by atoms with van der Waals surface area (Å²) in [7, 11) is 0. The molecule has 1 aromatic rings. The van der Waals surface area contributed by atoms with Gasteiger partial charge in [-0.2, -0.15) is 0 Å². The van der Waals surface area contributed by atoms with Gasteiger partial charge in [0.25, 0.3) is 0 Å². The highest BCUT2D eigenvalue weighted by Gasteiger charge is 2.45. The summed E-state index contributed by atoms with van der Waals surface area (Å²) < 4.78 is 11.3. The van der Waals surface area contributed by atoms with Crippen molar-refractivity contribution < 1.29 is 19.1 Å². The number of anilines is 1. The number of rotatable bonds is 3. The summed E-state index contributed by atoms with van der Waals surface area (Å²) in [6.07, 6.45) is 0.983. The van der Waals surface area contributed by atoms with Gasteiger partial charge in [0.05, 0.1) is 18.9 Å². The lowest BCUT2D eigenvalue weighted by Gasteiger charge is -2.34. The zero-order valence-corrected chi connectivity index (χ0v) is 10.6. The molecule has 1 N–H and O–H groups in total. The van der Waals surface area contributed by atoms with Gasteiger partial charge in [-0.1, -0.05) is 18.2 Å². The van der Waals surface area contributed by atoms with Crippen molar-refractivity contribution in [1.29, 1.82) is 0 Å². The van der Waals surface area contributed by atoms with Gasteiger partial charge < -0.3 is 9.47 Å². The van der Waals surface area contributed by atoms with Crippen molar-refractivity contribution >= 4 is 11.5 Å². The molecular formula is C14H17NO4. The van der Waals surface area contributed by atoms with Gasteiger partial charge in [-0.3, -0.25) is 15.1 Å². The van der Waals surface area contributed by atoms with Crippen LogP contribution in [0.15, 0.2) is 30.3 Å². The van der Waals surface area contributed by atoms with E-state index >= 15 is 0 Å². The quantitative estimate of drug-likeness (QED) is 0.844. The topological polar surface area (TPSA) is 56.8 Å². The Kier molecular flexibility index (Phi) is 3.50. The standard InChI is InChI=1S/C14H17NO4/c16-12-6-7-14(17-8-9-18-14)10-13(12)19-15-11-4-2-1-3-5-11/h1-5,13,15H,6-10H2. The van der Waals surface area contributed by atoms with Crippen LogP contribution in [0.1, 0.15) is 19.3 Å². The second kappa shape index (κ2) is 5.28. The summed E-state index contributed by atoms with van der Waals surface area (Å²) in [5.41, 5.74) is 3.64. The van der Waals surface area contributed by atoms with Crippen LogP contribution in [0.25, 0.3) is 0 Å². The minimum absolute atomic E-state index is 0.0909. The van der Waals surface area contributed by atoms with Crippen molar-refractivity contribution in [3.63, 3.8) is 0 Å². The van der Waals surface area contributed by atoms with E-state index in [1.54, 1.807) is 0 Å². The first-order valence-electron chi connectivity index (χ1n) is 6.55. The molecule has 1 spiro atoms. The first kappa shape index (κ1) is 12.6. The molecule has 1 saturated heterocycles. The molecule has 1 saturated carbocycles. The molecule has 1 aromatic carbocycles. The van der Waals surface area contributed by atoms with Crippen LogP contribution in [0, 0.1) is 0 Å². The number of carbonyl (C=O) groups excluding carboxylic acids is 1. The Hall–Kier alpha value is -1.43. The summed E-state index contributed by atoms with van der Waals surface area (Å²) in [4.78, 5) is 17.4. The molecule has 2 fully saturated rings. The Balaban J connectivity index is 1.61. The smallest absolute Gasteiger partial charge is 0.171 e. The number of Topliss-reactive ketones (excluding diaryl/α,β-unsaturated/α-hetero) is 1. The number of hydrogen-bond acceptors (Lipinski definition) is 5. The van der Waals surface area contributed by atoms with Gasteiger partial charge in [-0.05, 0) is 12.1 Å². The van der Waals surface area contributed by atoms with Gasteiger partial charge in [0.2, 0.25) is 0 Å². The van der Waals surface area contributed by atoms with Crippen molar-refractivity contribution in [2.24, 2.45) is 0 Å². The Labute approximate surface area is 111 Å². The van der Waals surface area contributed by atoms with Crippen molar-refractivity contribution in [1.82, 2.24) is 0 Å². The minimum Gasteiger partial charge on any atom is -0.347 e. The molecular weight excluding hydrogens is 246 g/mol. The predicted molar refractivity (Wildman–Crippen MR) is 68.4 cm³/mol. The SMILES string of the molecule is O=C1CCC2(CC1ONc1ccccc1)OCCO2. The number of hydrogen-bond donors (Lipinski definition) is 1. The van der Waals surface area contributed by atoms with Gasteiger partial charge in [-0.15, -0.1) is 0 Å². The Morgan fingerprint density at radius 2 is 1.95 bits per heavy atom. The van der Waals surface area contributed by atoms with E-state index in [4.69, 9.17) is 14.3 Å². The lowest BCUT2D eigenvalue weighted by Crippen LogP contribution is -2.45. The number of nitrogens with one attached hydrogen (secondary N) is 1. The number of benzene rings is 1. The van der Waals surface area contributed by atoms with E-state index in [0.29, 0.717) is 32.5 Å². The number of para-hydroxylation sites is 1. The first-order valence-corrected chi connectivity index (χ1v) is 6.55. The van der Waals surface area contributed by atoms with Gasteiger partial charge in [0.1, 0.15) is 6.10 Å². The molecule has 1 heterocycles. The van der Waals surface area contributed by atoms with Crippen molar-refractivity contribution in [2.45, 2.75) is 31.2 Å². The van der Waals surface area contributed by atoms with E-state index in [0.717, 1.165) is 5.69 Å². The fourth-order valence-corrected chi connectivity index (χ4v) is 2.48. The molecule has 0 bridgehead atoms. The monoisotopic (exact) mass is 263 g/mol. The molecule has 1 unspecified atom stereocenters. The molecule has 1 atom stereocenters. The second-order valence-electron chi connectivity index (χ2n) is 4.85. The maximum absolute atomic E-state index is 11.9. The molecule has 1 aliphatic carbocycles. The number of ketones is 1. The fraction of sp³-hybridized carbons (Fsp3) is 0.500. The third-order valence-electron chi connectivity index (χ3n) is 3.51. The van der Waals surface area contributed by atoms with E-state index in [1.807, 2.05) is 30.3 Å². The van der Waals surface area contributed by atoms with Crippen LogP contribution in [0.2, 0.25) is 0 Å². The lowest BCUT2D eigenvalue weighted by atomic mass is 9.90. The molecule has 5 heteroatoms. The normalized spacial score (nSPS) is 25.7. The van der Waals surface area contributed by atoms with Crippen LogP contribution in [-0.4, -0.2) is 30.9 Å². The molecule has 102 valence electrons. The molecule has 5 nitrogen and oxygen atoms in total. The van der Waals surface area contributed by atoms with Crippen LogP contribution in [0.5, 0.6) is 0 Å². The zero-order chi connectivity index (χ0) is 13.1. The average molecular weight is 263 g/mol. The van der Waals surface area contributed by atoms with Gasteiger partial charge in [0.15, 0.2) is 11.6 Å². The Bertz CT molecular complexity index is 442. The highest BCUT2D eigenvalue weighted by atomic mass is 16.7. The summed E-state index contributed by atoms with van der Waals surface area (Å²) >= 11 is 0. The van der Waals surface area contributed by atoms with Crippen LogP contribution in [0.3, 0.4) is 0 Å². The molecule has 3 rings (SSSR count). The summed E-state index contributed by atoms with van der Waals surface area (Å²) in [6, 6.07) is 9.49. The summed E-state index contributed by atoms with van der Waals surface area (Å²) in [6.45, 7) is 1.18. The van der Waals surface area contributed by atoms with Gasteiger partial charge in [0, 0.05) is 19.3 Å². The van der Waals surface area contributed by atoms with E-state index in [1.165, 1.54) is 0 Å². The Morgan fingerprint density at radius 3 is 2.68 bits per heavy atom. The first-order chi connectivity index (χ1) is 9.27. The van der Waals surface area contributed by atoms with E-state index < -0.39 is 11.9 Å². The maximum atomic E-state index is 11.9. The minimum atomic E-state index is -0.614. The fourth-order valence-electron chi connectivity index (χ4n) is 2.48. The van der Waals surface area contributed by atoms with E-state index in [2.05, 4.69) is 5.48 Å². The molecule has 0 amide bonds. The third-order valence-corrected chi connectivity index (χ3v) is 3.51. The van der Waals surface area contributed by atoms with E-state index in [-0.39, 0.29) is 5.78 Å². The van der Waals surface area contributed by atoms with Gasteiger partial charge in [-0.25, -0.2) is 0 Å². The molecule has 0 radical (unpaired) electrons. The molecule has 19 heavy (non-hydrogen) atoms. The maximum Gasteiger partial charge on any atom is 0.171 e. The van der Waals surface area contributed by atoms with Crippen LogP contribution >= 0.6 is 0 Å². The molecule has 1 aliphatic heterocycles. The second-order valence-corrected chi connectivity index (χ2v) is 4.85. The molecule has 0 aromatic heterocycles. The van der Waals surface area contributed by atoms with Crippen LogP contribution < -0.4 is 5.48 Å². The highest BCUT2D eigenvalue weighted by Crippen LogP contribution is 2.35. The average Bonchev–Trinajstić information content (AvgIpc) is 2.90. The number of carbonyl (C=O) groups is 1. The molecule has 2 aliphatic rings. The van der Waals surface area contributed by atoms with E-state index in [9.17, 15) is 4.79 Å². The third kappa shape index (κ3) is 2.78. The largest absolute Gasteiger partial charge is 0.347 e. The van der Waals surface area contributed by atoms with Gasteiger partial charge >= 0.3 is 0 Å². The van der Waals surface area contributed by atoms with Crippen molar-refractivity contribution in [3.05, 3.63) is 30.3 Å².